The van der Waals surface area contributed by atoms with Crippen molar-refractivity contribution in [2.75, 3.05) is 18.8 Å². The van der Waals surface area contributed by atoms with E-state index in [4.69, 9.17) is 5.73 Å². The second kappa shape index (κ2) is 4.65. The molecular formula is C13H21N3O2. The summed E-state index contributed by atoms with van der Waals surface area (Å²) in [6, 6.07) is 1.70. The van der Waals surface area contributed by atoms with Crippen LogP contribution in [0.5, 0.6) is 0 Å². The molecular weight excluding hydrogens is 230 g/mol. The molecule has 5 heteroatoms. The van der Waals surface area contributed by atoms with Gasteiger partial charge in [-0.3, -0.25) is 4.79 Å². The molecule has 0 aromatic carbocycles. The predicted octanol–water partition coefficient (Wildman–Crippen LogP) is 0.984. The zero-order valence-corrected chi connectivity index (χ0v) is 11.0. The molecule has 1 aliphatic heterocycles. The maximum absolute atomic E-state index is 12.4. The van der Waals surface area contributed by atoms with Crippen LogP contribution in [0.4, 0.5) is 5.69 Å². The third kappa shape index (κ3) is 2.67. The Morgan fingerprint density at radius 1 is 1.44 bits per heavy atom. The molecule has 0 saturated carbocycles. The van der Waals surface area contributed by atoms with E-state index in [0.717, 1.165) is 12.8 Å². The highest BCUT2D eigenvalue weighted by Gasteiger charge is 2.28. The van der Waals surface area contributed by atoms with E-state index >= 15 is 0 Å². The number of hydrogen-bond acceptors (Lipinski definition) is 3. The molecule has 1 atom stereocenters. The lowest BCUT2D eigenvalue weighted by Crippen LogP contribution is -2.34. The smallest absolute Gasteiger partial charge is 0.270 e. The van der Waals surface area contributed by atoms with E-state index in [9.17, 15) is 9.90 Å². The second-order valence-electron chi connectivity index (χ2n) is 5.41. The monoisotopic (exact) mass is 251 g/mol. The molecule has 1 aromatic heterocycles. The lowest BCUT2D eigenvalue weighted by molar-refractivity contribution is 0.0437. The molecule has 0 bridgehead atoms. The minimum atomic E-state index is -0.651. The summed E-state index contributed by atoms with van der Waals surface area (Å²) >= 11 is 0. The standard InChI is InChI=1S/C13H21N3O2/c1-13(18)4-3-6-16(7-5-13)12(17)11-8-10(14)9-15(11)2/h8-9,18H,3-7,14H2,1-2H3. The van der Waals surface area contributed by atoms with E-state index in [-0.39, 0.29) is 5.91 Å². The van der Waals surface area contributed by atoms with Gasteiger partial charge < -0.3 is 20.3 Å². The van der Waals surface area contributed by atoms with Crippen LogP contribution in [0.2, 0.25) is 0 Å². The fourth-order valence-corrected chi connectivity index (χ4v) is 2.43. The molecule has 1 amide bonds. The fourth-order valence-electron chi connectivity index (χ4n) is 2.43. The molecule has 3 N–H and O–H groups in total. The molecule has 1 unspecified atom stereocenters. The number of carbonyl (C=O) groups is 1. The Morgan fingerprint density at radius 3 is 2.78 bits per heavy atom. The van der Waals surface area contributed by atoms with Gasteiger partial charge in [-0.15, -0.1) is 0 Å². The number of nitrogens with zero attached hydrogens (tertiary/aromatic N) is 2. The molecule has 18 heavy (non-hydrogen) atoms. The van der Waals surface area contributed by atoms with Gasteiger partial charge in [0, 0.05) is 26.3 Å². The number of nitrogen functional groups attached to an aromatic ring is 1. The largest absolute Gasteiger partial charge is 0.397 e. The SMILES string of the molecule is Cn1cc(N)cc1C(=O)N1CCCC(C)(O)CC1. The molecule has 0 aliphatic carbocycles. The van der Waals surface area contributed by atoms with Gasteiger partial charge in [-0.05, 0) is 32.3 Å². The van der Waals surface area contributed by atoms with Gasteiger partial charge in [-0.1, -0.05) is 0 Å². The van der Waals surface area contributed by atoms with Gasteiger partial charge in [0.15, 0.2) is 0 Å². The molecule has 1 fully saturated rings. The number of aliphatic hydroxyl groups is 1. The average molecular weight is 251 g/mol. The fraction of sp³-hybridized carbons (Fsp3) is 0.615. The van der Waals surface area contributed by atoms with Gasteiger partial charge >= 0.3 is 0 Å². The lowest BCUT2D eigenvalue weighted by atomic mass is 9.98. The predicted molar refractivity (Wildman–Crippen MR) is 70.2 cm³/mol. The van der Waals surface area contributed by atoms with Gasteiger partial charge in [0.05, 0.1) is 11.3 Å². The van der Waals surface area contributed by atoms with E-state index in [1.807, 2.05) is 14.0 Å². The summed E-state index contributed by atoms with van der Waals surface area (Å²) in [4.78, 5) is 14.2. The number of aryl methyl sites for hydroxylation is 1. The second-order valence-corrected chi connectivity index (χ2v) is 5.41. The molecule has 2 heterocycles. The highest BCUT2D eigenvalue weighted by atomic mass is 16.3. The average Bonchev–Trinajstić information content (AvgIpc) is 2.50. The Labute approximate surface area is 107 Å². The number of rotatable bonds is 1. The first-order valence-electron chi connectivity index (χ1n) is 6.32. The highest BCUT2D eigenvalue weighted by molar-refractivity contribution is 5.93. The van der Waals surface area contributed by atoms with Crippen molar-refractivity contribution in [3.63, 3.8) is 0 Å². The van der Waals surface area contributed by atoms with Crippen molar-refractivity contribution in [3.05, 3.63) is 18.0 Å². The molecule has 0 spiro atoms. The van der Waals surface area contributed by atoms with Crippen molar-refractivity contribution < 1.29 is 9.90 Å². The zero-order valence-electron chi connectivity index (χ0n) is 11.0. The molecule has 1 aromatic rings. The number of hydrogen-bond donors (Lipinski definition) is 2. The summed E-state index contributed by atoms with van der Waals surface area (Å²) in [7, 11) is 1.82. The van der Waals surface area contributed by atoms with Crippen LogP contribution in [0.15, 0.2) is 12.3 Å². The normalized spacial score (nSPS) is 24.9. The van der Waals surface area contributed by atoms with Crippen molar-refractivity contribution in [1.82, 2.24) is 9.47 Å². The first-order valence-corrected chi connectivity index (χ1v) is 6.32. The van der Waals surface area contributed by atoms with Crippen LogP contribution in [0.3, 0.4) is 0 Å². The molecule has 1 saturated heterocycles. The quantitative estimate of drug-likeness (QED) is 0.781. The van der Waals surface area contributed by atoms with Crippen molar-refractivity contribution in [1.29, 1.82) is 0 Å². The number of amides is 1. The van der Waals surface area contributed by atoms with Crippen molar-refractivity contribution in [2.24, 2.45) is 7.05 Å². The van der Waals surface area contributed by atoms with Crippen LogP contribution < -0.4 is 5.73 Å². The van der Waals surface area contributed by atoms with Crippen LogP contribution in [-0.2, 0) is 7.05 Å². The molecule has 5 nitrogen and oxygen atoms in total. The minimum absolute atomic E-state index is 0.00750. The Kier molecular flexibility index (Phi) is 3.34. The minimum Gasteiger partial charge on any atom is -0.397 e. The van der Waals surface area contributed by atoms with Crippen LogP contribution in [0.25, 0.3) is 0 Å². The lowest BCUT2D eigenvalue weighted by Gasteiger charge is -2.22. The number of anilines is 1. The van der Waals surface area contributed by atoms with E-state index < -0.39 is 5.60 Å². The topological polar surface area (TPSA) is 71.5 Å². The third-order valence-electron chi connectivity index (χ3n) is 3.60. The van der Waals surface area contributed by atoms with Gasteiger partial charge in [-0.2, -0.15) is 0 Å². The number of aromatic nitrogens is 1. The first-order chi connectivity index (χ1) is 8.39. The third-order valence-corrected chi connectivity index (χ3v) is 3.60. The highest BCUT2D eigenvalue weighted by Crippen LogP contribution is 2.22. The summed E-state index contributed by atoms with van der Waals surface area (Å²) < 4.78 is 1.75. The summed E-state index contributed by atoms with van der Waals surface area (Å²) in [6.45, 7) is 3.12. The number of carbonyl (C=O) groups excluding carboxylic acids is 1. The van der Waals surface area contributed by atoms with Gasteiger partial charge in [0.25, 0.3) is 5.91 Å². The van der Waals surface area contributed by atoms with Gasteiger partial charge in [0.1, 0.15) is 5.69 Å². The van der Waals surface area contributed by atoms with Crippen molar-refractivity contribution >= 4 is 11.6 Å². The van der Waals surface area contributed by atoms with E-state index in [0.29, 0.717) is 30.9 Å². The number of nitrogens with two attached hydrogens (primary N) is 1. The summed E-state index contributed by atoms with van der Waals surface area (Å²) in [5, 5.41) is 10.0. The molecule has 100 valence electrons. The Balaban J connectivity index is 2.12. The summed E-state index contributed by atoms with van der Waals surface area (Å²) in [5.74, 6) is -0.00750. The van der Waals surface area contributed by atoms with E-state index in [1.165, 1.54) is 0 Å². The zero-order chi connectivity index (χ0) is 13.3. The molecule has 0 radical (unpaired) electrons. The van der Waals surface area contributed by atoms with E-state index in [2.05, 4.69) is 0 Å². The first kappa shape index (κ1) is 13.0. The summed E-state index contributed by atoms with van der Waals surface area (Å²) in [5.41, 5.74) is 6.24. The molecule has 2 rings (SSSR count). The van der Waals surface area contributed by atoms with Crippen LogP contribution in [0.1, 0.15) is 36.7 Å². The molecule has 1 aliphatic rings. The Hall–Kier alpha value is -1.49. The van der Waals surface area contributed by atoms with Crippen molar-refractivity contribution in [2.45, 2.75) is 31.8 Å². The maximum Gasteiger partial charge on any atom is 0.270 e. The Morgan fingerprint density at radius 2 is 2.17 bits per heavy atom. The van der Waals surface area contributed by atoms with Crippen LogP contribution >= 0.6 is 0 Å². The number of likely N-dealkylation sites (tertiary alicyclic amines) is 1. The van der Waals surface area contributed by atoms with E-state index in [1.54, 1.807) is 21.7 Å². The van der Waals surface area contributed by atoms with Gasteiger partial charge in [-0.25, -0.2) is 0 Å². The van der Waals surface area contributed by atoms with Crippen LogP contribution in [0, 0.1) is 0 Å². The Bertz CT molecular complexity index is 451. The van der Waals surface area contributed by atoms with Crippen LogP contribution in [-0.4, -0.2) is 39.2 Å². The summed E-state index contributed by atoms with van der Waals surface area (Å²) in [6.07, 6.45) is 3.94. The van der Waals surface area contributed by atoms with Crippen molar-refractivity contribution in [3.8, 4) is 0 Å². The van der Waals surface area contributed by atoms with Gasteiger partial charge in [0.2, 0.25) is 0 Å². The maximum atomic E-state index is 12.4.